The third kappa shape index (κ3) is 4.79. The van der Waals surface area contributed by atoms with Crippen molar-refractivity contribution in [3.63, 3.8) is 0 Å². The molecule has 0 amide bonds. The molecule has 1 fully saturated rings. The van der Waals surface area contributed by atoms with E-state index in [2.05, 4.69) is 36.9 Å². The Morgan fingerprint density at radius 1 is 1.18 bits per heavy atom. The van der Waals surface area contributed by atoms with Gasteiger partial charge in [-0.25, -0.2) is 8.42 Å². The van der Waals surface area contributed by atoms with Gasteiger partial charge in [-0.05, 0) is 35.2 Å². The minimum Gasteiger partial charge on any atom is -0.502 e. The van der Waals surface area contributed by atoms with Gasteiger partial charge in [0.05, 0.1) is 13.4 Å². The zero-order valence-electron chi connectivity index (χ0n) is 19.4. The number of fused-ring (bicyclic) bond motifs is 1. The largest absolute Gasteiger partial charge is 0.502 e. The fraction of sp³-hybridized carbons (Fsp3) is 0.333. The van der Waals surface area contributed by atoms with E-state index in [-0.39, 0.29) is 17.9 Å². The fourth-order valence-electron chi connectivity index (χ4n) is 3.97. The molecular formula is C24H29N5O3S. The molecule has 3 aliphatic rings. The summed E-state index contributed by atoms with van der Waals surface area (Å²) >= 11 is 0. The molecule has 0 radical (unpaired) electrons. The Balaban J connectivity index is 1.71. The van der Waals surface area contributed by atoms with Crippen molar-refractivity contribution in [2.75, 3.05) is 23.0 Å². The minimum absolute atomic E-state index is 0.147. The number of rotatable bonds is 6. The molecule has 0 spiro atoms. The first-order valence-corrected chi connectivity index (χ1v) is 12.5. The maximum absolute atomic E-state index is 11.4. The predicted octanol–water partition coefficient (Wildman–Crippen LogP) is 4.12. The molecule has 2 N–H and O–H groups in total. The van der Waals surface area contributed by atoms with Crippen LogP contribution in [0.4, 0.5) is 11.4 Å². The molecule has 2 aromatic carbocycles. The lowest BCUT2D eigenvalue weighted by Crippen LogP contribution is -2.71. The maximum atomic E-state index is 11.4. The summed E-state index contributed by atoms with van der Waals surface area (Å²) < 4.78 is 32.4. The fourth-order valence-corrected chi connectivity index (χ4v) is 4.53. The monoisotopic (exact) mass is 467 g/mol. The average Bonchev–Trinajstić information content (AvgIpc) is 2.75. The summed E-state index contributed by atoms with van der Waals surface area (Å²) in [6, 6.07) is 11.3. The highest BCUT2D eigenvalue weighted by Gasteiger charge is 2.44. The van der Waals surface area contributed by atoms with Crippen molar-refractivity contribution in [1.29, 1.82) is 0 Å². The van der Waals surface area contributed by atoms with Crippen molar-refractivity contribution < 1.29 is 17.9 Å². The molecule has 0 aliphatic carbocycles. The van der Waals surface area contributed by atoms with Crippen molar-refractivity contribution >= 4 is 33.6 Å². The van der Waals surface area contributed by atoms with Gasteiger partial charge in [0.25, 0.3) is 6.29 Å². The Morgan fingerprint density at radius 2 is 1.88 bits per heavy atom. The Kier molecular flexibility index (Phi) is 5.79. The van der Waals surface area contributed by atoms with Crippen molar-refractivity contribution in [2.24, 2.45) is 0 Å². The number of methoxy groups -OCH3 is 1. The van der Waals surface area contributed by atoms with Crippen molar-refractivity contribution in [3.05, 3.63) is 70.9 Å². The van der Waals surface area contributed by atoms with Crippen LogP contribution in [0, 0.1) is 0 Å². The average molecular weight is 468 g/mol. The third-order valence-corrected chi connectivity index (χ3v) is 6.24. The Hall–Kier alpha value is -3.17. The number of ether oxygens (including phenoxy) is 1. The normalized spacial score (nSPS) is 20.2. The van der Waals surface area contributed by atoms with Crippen LogP contribution in [0.25, 0.3) is 17.7 Å². The van der Waals surface area contributed by atoms with Crippen LogP contribution in [0.3, 0.4) is 0 Å². The molecule has 3 heterocycles. The van der Waals surface area contributed by atoms with Gasteiger partial charge in [0, 0.05) is 34.8 Å². The number of nitrogens with one attached hydrogen (secondary N) is 2. The number of hydrogen-bond donors (Lipinski definition) is 2. The first-order valence-electron chi connectivity index (χ1n) is 10.6. The first-order chi connectivity index (χ1) is 15.5. The molecule has 174 valence electrons. The smallest absolute Gasteiger partial charge is 0.288 e. The van der Waals surface area contributed by atoms with Crippen LogP contribution in [0.1, 0.15) is 37.5 Å². The zero-order chi connectivity index (χ0) is 24.0. The van der Waals surface area contributed by atoms with Gasteiger partial charge in [-0.1, -0.05) is 45.1 Å². The van der Waals surface area contributed by atoms with Crippen LogP contribution in [-0.2, 0) is 15.4 Å². The highest BCUT2D eigenvalue weighted by molar-refractivity contribution is 7.92. The van der Waals surface area contributed by atoms with E-state index in [1.807, 2.05) is 47.5 Å². The predicted molar refractivity (Wildman–Crippen MR) is 131 cm³/mol. The standard InChI is InChI=1S/C24H29N5O3S/c1-24(2,3)20-15-19(28-13-12-21-26-23(28)29(21)25)14-17(22(20)32-4)9-6-16-7-10-18(11-8-16)27-33(5,30)31/h6-15,21,23,26-27H,1-5H3/b9-6+. The molecule has 2 unspecified atom stereocenters. The highest BCUT2D eigenvalue weighted by Crippen LogP contribution is 2.40. The summed E-state index contributed by atoms with van der Waals surface area (Å²) in [6.07, 6.45) is 8.49. The molecule has 0 saturated carbocycles. The molecule has 0 aromatic heterocycles. The van der Waals surface area contributed by atoms with Crippen LogP contribution >= 0.6 is 0 Å². The molecule has 9 heteroatoms. The summed E-state index contributed by atoms with van der Waals surface area (Å²) in [5.74, 6) is 0.791. The summed E-state index contributed by atoms with van der Waals surface area (Å²) in [7, 11) is -1.65. The Bertz CT molecular complexity index is 1240. The van der Waals surface area contributed by atoms with Gasteiger partial charge in [0.2, 0.25) is 16.2 Å². The highest BCUT2D eigenvalue weighted by atomic mass is 32.2. The first kappa shape index (κ1) is 23.0. The van der Waals surface area contributed by atoms with Gasteiger partial charge in [0.15, 0.2) is 0 Å². The SMILES string of the molecule is COc1c(/C=C/c2ccc(NS(C)(=O)=O)cc2)cc(N2C=CC3NC2[N+]3=[N-])cc1C(C)(C)C. The minimum atomic E-state index is -3.31. The zero-order valence-corrected chi connectivity index (χ0v) is 20.2. The van der Waals surface area contributed by atoms with Crippen molar-refractivity contribution in [1.82, 2.24) is 5.32 Å². The number of sulfonamides is 1. The molecule has 8 nitrogen and oxygen atoms in total. The maximum Gasteiger partial charge on any atom is 0.288 e. The summed E-state index contributed by atoms with van der Waals surface area (Å²) in [5, 5.41) is 3.28. The summed E-state index contributed by atoms with van der Waals surface area (Å²) in [6.45, 7) is 6.41. The Labute approximate surface area is 195 Å². The van der Waals surface area contributed by atoms with E-state index >= 15 is 0 Å². The summed E-state index contributed by atoms with van der Waals surface area (Å²) in [4.78, 5) is 1.98. The van der Waals surface area contributed by atoms with Crippen LogP contribution in [0.15, 0.2) is 48.7 Å². The molecule has 2 bridgehead atoms. The van der Waals surface area contributed by atoms with Crippen LogP contribution in [0.2, 0.25) is 0 Å². The third-order valence-electron chi connectivity index (χ3n) is 5.63. The van der Waals surface area contributed by atoms with E-state index in [1.54, 1.807) is 19.2 Å². The van der Waals surface area contributed by atoms with E-state index in [4.69, 9.17) is 4.74 Å². The van der Waals surface area contributed by atoms with E-state index in [9.17, 15) is 13.9 Å². The molecular weight excluding hydrogens is 438 g/mol. The quantitative estimate of drug-likeness (QED) is 0.492. The topological polar surface area (TPSA) is 96.0 Å². The second kappa shape index (κ2) is 8.31. The Morgan fingerprint density at radius 3 is 2.42 bits per heavy atom. The van der Waals surface area contributed by atoms with Crippen LogP contribution < -0.4 is 19.7 Å². The van der Waals surface area contributed by atoms with Crippen molar-refractivity contribution in [2.45, 2.75) is 38.6 Å². The second-order valence-electron chi connectivity index (χ2n) is 9.31. The molecule has 3 aliphatic heterocycles. The lowest BCUT2D eigenvalue weighted by Gasteiger charge is -2.45. The lowest BCUT2D eigenvalue weighted by molar-refractivity contribution is -0.688. The summed E-state index contributed by atoms with van der Waals surface area (Å²) in [5.41, 5.74) is 14.3. The van der Waals surface area contributed by atoms with Gasteiger partial charge >= 0.3 is 0 Å². The number of anilines is 2. The van der Waals surface area contributed by atoms with Crippen molar-refractivity contribution in [3.8, 4) is 5.75 Å². The van der Waals surface area contributed by atoms with E-state index in [0.29, 0.717) is 5.69 Å². The van der Waals surface area contributed by atoms with Crippen LogP contribution in [-0.4, -0.2) is 38.9 Å². The lowest BCUT2D eigenvalue weighted by atomic mass is 9.84. The van der Waals surface area contributed by atoms with Gasteiger partial charge < -0.3 is 10.3 Å². The van der Waals surface area contributed by atoms with Crippen LogP contribution in [0.5, 0.6) is 5.75 Å². The number of hydrogen-bond acceptors (Lipinski definition) is 5. The van der Waals surface area contributed by atoms with Gasteiger partial charge in [0.1, 0.15) is 5.75 Å². The molecule has 2 aromatic rings. The van der Waals surface area contributed by atoms with Gasteiger partial charge in [-0.3, -0.25) is 14.3 Å². The second-order valence-corrected chi connectivity index (χ2v) is 11.1. The van der Waals surface area contributed by atoms with Gasteiger partial charge in [-0.15, -0.1) is 0 Å². The molecule has 2 atom stereocenters. The van der Waals surface area contributed by atoms with Gasteiger partial charge in [-0.2, -0.15) is 5.32 Å². The van der Waals surface area contributed by atoms with E-state index < -0.39 is 10.0 Å². The molecule has 33 heavy (non-hydrogen) atoms. The number of benzene rings is 2. The molecule has 5 rings (SSSR count). The number of nitrogens with zero attached hydrogens (tertiary/aromatic N) is 3. The van der Waals surface area contributed by atoms with E-state index in [1.165, 1.54) is 4.70 Å². The molecule has 1 saturated heterocycles. The van der Waals surface area contributed by atoms with E-state index in [0.717, 1.165) is 34.4 Å².